The van der Waals surface area contributed by atoms with Gasteiger partial charge in [0.15, 0.2) is 0 Å². The minimum atomic E-state index is -1.83. The van der Waals surface area contributed by atoms with Gasteiger partial charge in [0.05, 0.1) is 14.2 Å². The predicted molar refractivity (Wildman–Crippen MR) is 22.7 cm³/mol. The molecule has 0 aromatic heterocycles. The zero-order valence-corrected chi connectivity index (χ0v) is 7.57. The molecule has 5 heteroatoms. The summed E-state index contributed by atoms with van der Waals surface area (Å²) in [6.45, 7) is 0. The Bertz CT molecular complexity index is 55.2. The van der Waals surface area contributed by atoms with Crippen LogP contribution in [-0.4, -0.2) is 14.2 Å². The van der Waals surface area contributed by atoms with Crippen LogP contribution in [0.1, 0.15) is 1.43 Å². The van der Waals surface area contributed by atoms with E-state index in [9.17, 15) is 4.57 Å². The van der Waals surface area contributed by atoms with E-state index in [0.717, 1.165) is 0 Å². The van der Waals surface area contributed by atoms with Crippen LogP contribution in [0.25, 0.3) is 0 Å². The fourth-order valence-electron chi connectivity index (χ4n) is 0.0745. The molecule has 0 aliphatic carbocycles. The van der Waals surface area contributed by atoms with Crippen LogP contribution in [0.4, 0.5) is 0 Å². The van der Waals surface area contributed by atoms with Crippen molar-refractivity contribution in [1.82, 2.24) is 0 Å². The Kier molecular flexibility index (Phi) is 10.9. The molecule has 0 saturated carbocycles. The monoisotopic (exact) mass is 133 g/mol. The van der Waals surface area contributed by atoms with Gasteiger partial charge >= 0.3 is 37.8 Å². The van der Waals surface area contributed by atoms with Gasteiger partial charge in [-0.3, -0.25) is 0 Å². The van der Waals surface area contributed by atoms with Gasteiger partial charge in [0.25, 0.3) is 0 Å². The van der Waals surface area contributed by atoms with Crippen LogP contribution < -0.4 is 29.6 Å². The molecule has 0 bridgehead atoms. The largest absolute Gasteiger partial charge is 1.00 e. The molecule has 0 aliphatic rings. The Morgan fingerprint density at radius 2 is 1.71 bits per heavy atom. The van der Waals surface area contributed by atoms with E-state index < -0.39 is 8.25 Å². The molecule has 0 aromatic carbocycles. The molecule has 0 aromatic rings. The molecule has 0 atom stereocenters. The maximum absolute atomic E-state index is 9.88. The van der Waals surface area contributed by atoms with E-state index in [4.69, 9.17) is 0 Å². The smallest absolute Gasteiger partial charge is 1.00 e. The average molecular weight is 133 g/mol. The van der Waals surface area contributed by atoms with E-state index >= 15 is 0 Å². The van der Waals surface area contributed by atoms with E-state index in [0.29, 0.717) is 0 Å². The molecular weight excluding hydrogens is 126 g/mol. The quantitative estimate of drug-likeness (QED) is 0.324. The molecule has 3 nitrogen and oxygen atoms in total. The first-order valence-corrected chi connectivity index (χ1v) is 2.46. The van der Waals surface area contributed by atoms with Gasteiger partial charge in [0.2, 0.25) is 0 Å². The SMILES string of the molecule is CO[P+](=O)OC.[H-].[Na+]. The fraction of sp³-hybridized carbons (Fsp3) is 1.00. The van der Waals surface area contributed by atoms with Crippen molar-refractivity contribution in [3.63, 3.8) is 0 Å². The summed E-state index contributed by atoms with van der Waals surface area (Å²) >= 11 is 0. The number of hydrogen-bond donors (Lipinski definition) is 0. The Morgan fingerprint density at radius 3 is 1.71 bits per heavy atom. The standard InChI is InChI=1S/C2H6O3P.Na.H/c1-4-6(3)5-2;;/h1-2H3;;/q2*+1;-1. The summed E-state index contributed by atoms with van der Waals surface area (Å²) in [4.78, 5) is 0. The zero-order chi connectivity index (χ0) is 4.99. The van der Waals surface area contributed by atoms with Crippen LogP contribution in [-0.2, 0) is 13.6 Å². The summed E-state index contributed by atoms with van der Waals surface area (Å²) in [6.07, 6.45) is 0. The van der Waals surface area contributed by atoms with Gasteiger partial charge < -0.3 is 1.43 Å². The number of rotatable bonds is 2. The van der Waals surface area contributed by atoms with Crippen molar-refractivity contribution >= 4 is 8.25 Å². The van der Waals surface area contributed by atoms with Gasteiger partial charge in [0.1, 0.15) is 0 Å². The van der Waals surface area contributed by atoms with Crippen LogP contribution >= 0.6 is 8.25 Å². The summed E-state index contributed by atoms with van der Waals surface area (Å²) in [6, 6.07) is 0. The second-order valence-electron chi connectivity index (χ2n) is 0.589. The van der Waals surface area contributed by atoms with Gasteiger partial charge in [-0.25, -0.2) is 0 Å². The Balaban J connectivity index is -0.000000125. The topological polar surface area (TPSA) is 35.5 Å². The molecule has 0 rings (SSSR count). The van der Waals surface area contributed by atoms with Gasteiger partial charge in [-0.2, -0.15) is 0 Å². The van der Waals surface area contributed by atoms with Crippen LogP contribution in [0.15, 0.2) is 0 Å². The number of hydrogen-bond acceptors (Lipinski definition) is 3. The second-order valence-corrected chi connectivity index (χ2v) is 1.77. The third-order valence-corrected chi connectivity index (χ3v) is 0.894. The molecule has 0 unspecified atom stereocenters. The molecule has 38 valence electrons. The first kappa shape index (κ1) is 10.9. The molecule has 7 heavy (non-hydrogen) atoms. The van der Waals surface area contributed by atoms with E-state index in [-0.39, 0.29) is 31.0 Å². The Hall–Kier alpha value is 1.02. The summed E-state index contributed by atoms with van der Waals surface area (Å²) < 4.78 is 18.3. The van der Waals surface area contributed by atoms with Crippen LogP contribution in [0, 0.1) is 0 Å². The van der Waals surface area contributed by atoms with Crippen molar-refractivity contribution in [3.05, 3.63) is 0 Å². The molecule has 0 saturated heterocycles. The third kappa shape index (κ3) is 7.02. The van der Waals surface area contributed by atoms with Crippen molar-refractivity contribution in [2.45, 2.75) is 0 Å². The molecular formula is C2H7NaO3P+. The molecule has 0 N–H and O–H groups in total. The predicted octanol–water partition coefficient (Wildman–Crippen LogP) is -1.95. The Labute approximate surface area is 67.1 Å². The molecule has 0 amide bonds. The minimum absolute atomic E-state index is 0. The van der Waals surface area contributed by atoms with Crippen LogP contribution in [0.3, 0.4) is 0 Å². The fourth-order valence-corrected chi connectivity index (χ4v) is 0.224. The molecule has 0 aliphatic heterocycles. The van der Waals surface area contributed by atoms with Gasteiger partial charge in [-0.1, -0.05) is 0 Å². The Morgan fingerprint density at radius 1 is 1.43 bits per heavy atom. The first-order valence-electron chi connectivity index (χ1n) is 1.36. The van der Waals surface area contributed by atoms with E-state index in [2.05, 4.69) is 9.05 Å². The summed E-state index contributed by atoms with van der Waals surface area (Å²) in [5.74, 6) is 0. The van der Waals surface area contributed by atoms with Crippen molar-refractivity contribution in [2.75, 3.05) is 14.2 Å². The van der Waals surface area contributed by atoms with Gasteiger partial charge in [-0.15, -0.1) is 9.05 Å². The van der Waals surface area contributed by atoms with Gasteiger partial charge in [0, 0.05) is 4.57 Å². The maximum atomic E-state index is 9.88. The van der Waals surface area contributed by atoms with Gasteiger partial charge in [-0.05, 0) is 0 Å². The van der Waals surface area contributed by atoms with Crippen molar-refractivity contribution < 1.29 is 44.6 Å². The first-order chi connectivity index (χ1) is 2.81. The minimum Gasteiger partial charge on any atom is -1.00 e. The molecule has 0 spiro atoms. The van der Waals surface area contributed by atoms with E-state index in [1.54, 1.807) is 0 Å². The maximum Gasteiger partial charge on any atom is 1.00 e. The summed E-state index contributed by atoms with van der Waals surface area (Å²) in [5, 5.41) is 0. The van der Waals surface area contributed by atoms with Crippen LogP contribution in [0.2, 0.25) is 0 Å². The normalized spacial score (nSPS) is 7.14. The third-order valence-electron chi connectivity index (χ3n) is 0.298. The summed E-state index contributed by atoms with van der Waals surface area (Å²) in [5.41, 5.74) is 0. The second kappa shape index (κ2) is 7.02. The van der Waals surface area contributed by atoms with E-state index in [1.165, 1.54) is 14.2 Å². The molecule has 0 radical (unpaired) electrons. The van der Waals surface area contributed by atoms with Crippen LogP contribution in [0.5, 0.6) is 0 Å². The van der Waals surface area contributed by atoms with Crippen molar-refractivity contribution in [3.8, 4) is 0 Å². The molecule has 0 heterocycles. The van der Waals surface area contributed by atoms with Crippen molar-refractivity contribution in [1.29, 1.82) is 0 Å². The summed E-state index contributed by atoms with van der Waals surface area (Å²) in [7, 11) is 0.817. The zero-order valence-electron chi connectivity index (χ0n) is 5.67. The van der Waals surface area contributed by atoms with Crippen molar-refractivity contribution in [2.24, 2.45) is 0 Å². The molecule has 0 fully saturated rings. The average Bonchev–Trinajstić information content (AvgIpc) is 1.65. The van der Waals surface area contributed by atoms with E-state index in [1.807, 2.05) is 0 Å².